The number of methoxy groups -OCH3 is 1. The minimum Gasteiger partial charge on any atom is -0.495 e. The molecule has 0 saturated heterocycles. The number of carbonyl (C=O) groups is 3. The van der Waals surface area contributed by atoms with E-state index in [2.05, 4.69) is 10.4 Å². The van der Waals surface area contributed by atoms with Crippen LogP contribution in [0.5, 0.6) is 5.75 Å². The van der Waals surface area contributed by atoms with Gasteiger partial charge < -0.3 is 19.9 Å². The van der Waals surface area contributed by atoms with Crippen molar-refractivity contribution in [2.24, 2.45) is 5.92 Å². The number of hydrogen-bond acceptors (Lipinski definition) is 7. The predicted molar refractivity (Wildman–Crippen MR) is 159 cm³/mol. The fourth-order valence-electron chi connectivity index (χ4n) is 4.39. The summed E-state index contributed by atoms with van der Waals surface area (Å²) < 4.78 is 35.4. The molecule has 228 valence electrons. The van der Waals surface area contributed by atoms with E-state index in [1.807, 2.05) is 6.07 Å². The monoisotopic (exact) mass is 594 g/mol. The second-order valence-corrected chi connectivity index (χ2v) is 10.2. The number of rotatable bonds is 6. The Bertz CT molecular complexity index is 1460. The molecule has 2 heterocycles. The maximum atomic E-state index is 14.4. The van der Waals surface area contributed by atoms with Gasteiger partial charge in [0.15, 0.2) is 0 Å². The van der Waals surface area contributed by atoms with Gasteiger partial charge in [-0.3, -0.25) is 19.1 Å². The number of benzene rings is 2. The molecule has 1 N–H and O–H groups in total. The second kappa shape index (κ2) is 14.4. The largest absolute Gasteiger partial charge is 0.495 e. The van der Waals surface area contributed by atoms with Crippen LogP contribution in [-0.2, 0) is 17.3 Å². The van der Waals surface area contributed by atoms with Gasteiger partial charge in [0.1, 0.15) is 23.8 Å². The molecule has 2 aliphatic rings. The minimum absolute atomic E-state index is 0.0337. The summed E-state index contributed by atoms with van der Waals surface area (Å²) >= 11 is 0. The quantitative estimate of drug-likeness (QED) is 0.401. The van der Waals surface area contributed by atoms with E-state index in [0.29, 0.717) is 66.2 Å². The van der Waals surface area contributed by atoms with Crippen LogP contribution in [0.3, 0.4) is 0 Å². The summed E-state index contributed by atoms with van der Waals surface area (Å²) in [6, 6.07) is 12.8. The molecule has 5 rings (SSSR count). The molecular weight excluding hydrogens is 558 g/mol. The number of aldehydes is 1. The number of hydrogen-bond donors (Lipinski definition) is 1. The fourth-order valence-corrected chi connectivity index (χ4v) is 4.39. The second-order valence-electron chi connectivity index (χ2n) is 10.2. The van der Waals surface area contributed by atoms with Gasteiger partial charge in [0.25, 0.3) is 11.8 Å². The fraction of sp³-hybridized carbons (Fsp3) is 0.387. The normalized spacial score (nSPS) is 14.0. The molecule has 43 heavy (non-hydrogen) atoms. The van der Waals surface area contributed by atoms with Crippen LogP contribution in [0.1, 0.15) is 58.2 Å². The first-order valence-electron chi connectivity index (χ1n) is 13.7. The Kier molecular flexibility index (Phi) is 11.0. The molecule has 1 fully saturated rings. The van der Waals surface area contributed by atoms with E-state index in [4.69, 9.17) is 10.00 Å². The number of fused-ring (bicyclic) bond motifs is 1. The Balaban J connectivity index is 0.000000234. The number of nitrogens with one attached hydrogen (secondary N) is 1. The number of carbonyl (C=O) groups excluding carboxylic acids is 3. The molecule has 0 unspecified atom stereocenters. The molecule has 0 atom stereocenters. The molecule has 1 aliphatic carbocycles. The van der Waals surface area contributed by atoms with E-state index in [0.717, 1.165) is 6.42 Å². The lowest BCUT2D eigenvalue weighted by atomic mass is 9.78. The molecule has 0 spiro atoms. The standard InChI is InChI=1S/C18H20F2N4O.C9H7NO2.C4H9NO/c1-21-15-11-22-24-10-9-23(17(25)16(15)24)14-7-5-13(6-8-14)18(19,20)12-3-2-4-12;1-12-9-3-2-7(6-11)4-8(9)5-10;1-4(6)5(2)3/h5-8,11-12,21H,2-4,9-10H2,1H3;2-4,6H,1H3;1-3H3. The lowest BCUT2D eigenvalue weighted by Gasteiger charge is -2.34. The van der Waals surface area contributed by atoms with Crippen LogP contribution in [0.4, 0.5) is 20.2 Å². The summed E-state index contributed by atoms with van der Waals surface area (Å²) in [5.74, 6) is -2.94. The third-order valence-electron chi connectivity index (χ3n) is 7.38. The number of halogens is 2. The van der Waals surface area contributed by atoms with Gasteiger partial charge in [-0.25, -0.2) is 8.78 Å². The van der Waals surface area contributed by atoms with Gasteiger partial charge in [-0.15, -0.1) is 0 Å². The summed E-state index contributed by atoms with van der Waals surface area (Å²) in [5.41, 5.74) is 2.69. The number of aromatic nitrogens is 2. The van der Waals surface area contributed by atoms with Crippen LogP contribution in [0.2, 0.25) is 0 Å². The van der Waals surface area contributed by atoms with Gasteiger partial charge in [0, 0.05) is 57.3 Å². The minimum atomic E-state index is -2.79. The molecule has 2 aromatic carbocycles. The zero-order valence-corrected chi connectivity index (χ0v) is 24.9. The Labute approximate surface area is 249 Å². The van der Waals surface area contributed by atoms with Crippen molar-refractivity contribution in [3.63, 3.8) is 0 Å². The maximum absolute atomic E-state index is 14.4. The molecule has 3 aromatic rings. The van der Waals surface area contributed by atoms with Crippen LogP contribution in [0, 0.1) is 17.2 Å². The summed E-state index contributed by atoms with van der Waals surface area (Å²) in [5, 5.41) is 15.8. The summed E-state index contributed by atoms with van der Waals surface area (Å²) in [4.78, 5) is 36.3. The first kappa shape index (κ1) is 32.7. The van der Waals surface area contributed by atoms with Crippen molar-refractivity contribution in [2.75, 3.05) is 45.0 Å². The van der Waals surface area contributed by atoms with Crippen LogP contribution in [-0.4, -0.2) is 67.6 Å². The van der Waals surface area contributed by atoms with Gasteiger partial charge in [0.2, 0.25) is 5.91 Å². The van der Waals surface area contributed by atoms with Gasteiger partial charge >= 0.3 is 0 Å². The van der Waals surface area contributed by atoms with Gasteiger partial charge in [-0.1, -0.05) is 18.6 Å². The van der Waals surface area contributed by atoms with Gasteiger partial charge in [-0.2, -0.15) is 10.4 Å². The Hall–Kier alpha value is -4.79. The smallest absolute Gasteiger partial charge is 0.278 e. The lowest BCUT2D eigenvalue weighted by Crippen LogP contribution is -2.40. The SMILES string of the molecule is CC(=O)N(C)C.CNc1cnn2c1C(=O)N(c1ccc(C(F)(F)C3CCC3)cc1)CC2.COc1ccc(C=O)cc1C#N. The number of ether oxygens (including phenoxy) is 1. The third kappa shape index (κ3) is 7.54. The van der Waals surface area contributed by atoms with Crippen molar-refractivity contribution in [3.05, 3.63) is 71.0 Å². The Morgan fingerprint density at radius 1 is 1.19 bits per heavy atom. The van der Waals surface area contributed by atoms with E-state index >= 15 is 0 Å². The van der Waals surface area contributed by atoms with E-state index in [-0.39, 0.29) is 17.4 Å². The Morgan fingerprint density at radius 3 is 2.33 bits per heavy atom. The summed E-state index contributed by atoms with van der Waals surface area (Å²) in [6.45, 7) is 2.57. The average molecular weight is 595 g/mol. The first-order chi connectivity index (χ1) is 20.5. The number of nitrogens with zero attached hydrogens (tertiary/aromatic N) is 5. The highest BCUT2D eigenvalue weighted by atomic mass is 19.3. The van der Waals surface area contributed by atoms with Crippen LogP contribution >= 0.6 is 0 Å². The van der Waals surface area contributed by atoms with Crippen molar-refractivity contribution < 1.29 is 27.9 Å². The molecule has 12 heteroatoms. The molecule has 2 amide bonds. The van der Waals surface area contributed by atoms with E-state index in [1.54, 1.807) is 61.2 Å². The summed E-state index contributed by atoms with van der Waals surface area (Å²) in [6.07, 6.45) is 4.35. The van der Waals surface area contributed by atoms with Gasteiger partial charge in [-0.05, 0) is 43.2 Å². The van der Waals surface area contributed by atoms with Crippen LogP contribution < -0.4 is 15.0 Å². The molecule has 1 aromatic heterocycles. The Morgan fingerprint density at radius 2 is 1.84 bits per heavy atom. The van der Waals surface area contributed by atoms with Gasteiger partial charge in [0.05, 0.1) is 31.1 Å². The van der Waals surface area contributed by atoms with Crippen molar-refractivity contribution >= 4 is 29.5 Å². The van der Waals surface area contributed by atoms with Crippen molar-refractivity contribution in [2.45, 2.75) is 38.7 Å². The number of alkyl halides is 2. The van der Waals surface area contributed by atoms with Crippen molar-refractivity contribution in [1.82, 2.24) is 14.7 Å². The zero-order valence-electron chi connectivity index (χ0n) is 24.9. The van der Waals surface area contributed by atoms with E-state index in [1.165, 1.54) is 37.1 Å². The molecule has 1 saturated carbocycles. The lowest BCUT2D eigenvalue weighted by molar-refractivity contribution is -0.126. The molecular formula is C31H36F2N6O4. The number of nitriles is 1. The third-order valence-corrected chi connectivity index (χ3v) is 7.38. The first-order valence-corrected chi connectivity index (χ1v) is 13.7. The zero-order chi connectivity index (χ0) is 31.7. The van der Waals surface area contributed by atoms with Crippen LogP contribution in [0.25, 0.3) is 0 Å². The highest BCUT2D eigenvalue weighted by molar-refractivity contribution is 6.09. The topological polar surface area (TPSA) is 121 Å². The van der Waals surface area contributed by atoms with E-state index in [9.17, 15) is 23.2 Å². The number of amides is 2. The molecule has 1 aliphatic heterocycles. The molecule has 0 bridgehead atoms. The highest BCUT2D eigenvalue weighted by Crippen LogP contribution is 2.46. The molecule has 10 nitrogen and oxygen atoms in total. The maximum Gasteiger partial charge on any atom is 0.278 e. The predicted octanol–water partition coefficient (Wildman–Crippen LogP) is 4.95. The molecule has 0 radical (unpaired) electrons. The van der Waals surface area contributed by atoms with Crippen molar-refractivity contribution in [1.29, 1.82) is 5.26 Å². The van der Waals surface area contributed by atoms with Crippen LogP contribution in [0.15, 0.2) is 48.7 Å². The summed E-state index contributed by atoms with van der Waals surface area (Å²) in [7, 11) is 6.67. The van der Waals surface area contributed by atoms with E-state index < -0.39 is 11.8 Å². The average Bonchev–Trinajstić information content (AvgIpc) is 3.41. The number of anilines is 2. The van der Waals surface area contributed by atoms with Crippen molar-refractivity contribution in [3.8, 4) is 11.8 Å². The highest BCUT2D eigenvalue weighted by Gasteiger charge is 2.44.